The number of nitrogens with zero attached hydrogens (tertiary/aromatic N) is 2. The molecule has 0 bridgehead atoms. The van der Waals surface area contributed by atoms with Gasteiger partial charge in [0.05, 0.1) is 23.1 Å². The zero-order chi connectivity index (χ0) is 18.1. The first-order chi connectivity index (χ1) is 11.8. The summed E-state index contributed by atoms with van der Waals surface area (Å²) in [7, 11) is 0. The van der Waals surface area contributed by atoms with E-state index in [9.17, 15) is 18.0 Å². The van der Waals surface area contributed by atoms with Crippen molar-refractivity contribution in [2.24, 2.45) is 0 Å². The van der Waals surface area contributed by atoms with E-state index in [1.165, 1.54) is 24.4 Å². The summed E-state index contributed by atoms with van der Waals surface area (Å²) in [4.78, 5) is 12.2. The largest absolute Gasteiger partial charge is 0.573 e. The molecule has 25 heavy (non-hydrogen) atoms. The summed E-state index contributed by atoms with van der Waals surface area (Å²) in [6, 6.07) is 6.79. The molecule has 1 aliphatic rings. The minimum absolute atomic E-state index is 0.312. The second-order valence-corrected chi connectivity index (χ2v) is 5.77. The molecule has 9 heteroatoms. The highest BCUT2D eigenvalue weighted by atomic mass is 19.4. The van der Waals surface area contributed by atoms with Crippen LogP contribution in [0.25, 0.3) is 0 Å². The van der Waals surface area contributed by atoms with E-state index in [2.05, 4.69) is 25.6 Å². The van der Waals surface area contributed by atoms with Crippen LogP contribution in [0, 0.1) is 6.92 Å². The molecule has 2 aromatic rings. The molecule has 1 aromatic carbocycles. The first-order valence-electron chi connectivity index (χ1n) is 7.51. The molecule has 1 saturated carbocycles. The van der Waals surface area contributed by atoms with Gasteiger partial charge in [-0.3, -0.25) is 0 Å². The second-order valence-electron chi connectivity index (χ2n) is 5.77. The van der Waals surface area contributed by atoms with Crippen LogP contribution in [-0.4, -0.2) is 22.6 Å². The van der Waals surface area contributed by atoms with Crippen molar-refractivity contribution in [1.29, 1.82) is 0 Å². The number of halogens is 3. The fraction of sp³-hybridized carbons (Fsp3) is 0.312. The highest BCUT2D eigenvalue weighted by molar-refractivity contribution is 5.90. The Morgan fingerprint density at radius 3 is 2.68 bits per heavy atom. The highest BCUT2D eigenvalue weighted by Gasteiger charge is 2.46. The van der Waals surface area contributed by atoms with Crippen LogP contribution in [0.2, 0.25) is 0 Å². The standard InChI is InChI=1S/C16H15F3N4O2/c1-10-13(5-8-20-23-10)21-14(24)22-15(6-7-15)11-3-2-4-12(9-11)25-16(17,18)19/h2-5,8-9H,6-7H2,1H3,(H2,20,21,22,24). The lowest BCUT2D eigenvalue weighted by molar-refractivity contribution is -0.274. The lowest BCUT2D eigenvalue weighted by Gasteiger charge is -2.20. The normalized spacial score (nSPS) is 15.4. The number of alkyl halides is 3. The van der Waals surface area contributed by atoms with E-state index < -0.39 is 17.9 Å². The van der Waals surface area contributed by atoms with Gasteiger partial charge in [-0.1, -0.05) is 12.1 Å². The van der Waals surface area contributed by atoms with E-state index in [1.54, 1.807) is 19.1 Å². The van der Waals surface area contributed by atoms with Crippen molar-refractivity contribution in [2.75, 3.05) is 5.32 Å². The van der Waals surface area contributed by atoms with Crippen molar-refractivity contribution in [1.82, 2.24) is 15.5 Å². The van der Waals surface area contributed by atoms with Gasteiger partial charge in [0.1, 0.15) is 5.75 Å². The lowest BCUT2D eigenvalue weighted by Crippen LogP contribution is -2.38. The Morgan fingerprint density at radius 2 is 2.04 bits per heavy atom. The van der Waals surface area contributed by atoms with Crippen LogP contribution in [0.4, 0.5) is 23.7 Å². The number of urea groups is 1. The van der Waals surface area contributed by atoms with Crippen LogP contribution in [0.3, 0.4) is 0 Å². The monoisotopic (exact) mass is 352 g/mol. The Balaban J connectivity index is 1.71. The summed E-state index contributed by atoms with van der Waals surface area (Å²) >= 11 is 0. The molecule has 6 nitrogen and oxygen atoms in total. The van der Waals surface area contributed by atoms with Gasteiger partial charge in [-0.15, -0.1) is 13.2 Å². The van der Waals surface area contributed by atoms with E-state index in [0.717, 1.165) is 0 Å². The molecule has 132 valence electrons. The van der Waals surface area contributed by atoms with E-state index in [1.807, 2.05) is 0 Å². The van der Waals surface area contributed by atoms with E-state index >= 15 is 0 Å². The average molecular weight is 352 g/mol. The van der Waals surface area contributed by atoms with Gasteiger partial charge in [0, 0.05) is 0 Å². The second kappa shape index (κ2) is 6.23. The number of ether oxygens (including phenoxy) is 1. The van der Waals surface area contributed by atoms with Crippen molar-refractivity contribution in [3.8, 4) is 5.75 Å². The number of anilines is 1. The summed E-state index contributed by atoms with van der Waals surface area (Å²) in [6.45, 7) is 1.70. The van der Waals surface area contributed by atoms with Crippen molar-refractivity contribution in [3.05, 3.63) is 47.8 Å². The predicted octanol–water partition coefficient (Wildman–Crippen LogP) is 3.49. The van der Waals surface area contributed by atoms with Crippen LogP contribution in [-0.2, 0) is 5.54 Å². The third-order valence-corrected chi connectivity index (χ3v) is 3.88. The fourth-order valence-electron chi connectivity index (χ4n) is 2.51. The zero-order valence-electron chi connectivity index (χ0n) is 13.2. The first-order valence-corrected chi connectivity index (χ1v) is 7.51. The maximum absolute atomic E-state index is 12.4. The minimum atomic E-state index is -4.76. The van der Waals surface area contributed by atoms with Gasteiger partial charge >= 0.3 is 12.4 Å². The number of aromatic nitrogens is 2. The summed E-state index contributed by atoms with van der Waals surface area (Å²) in [5, 5.41) is 13.0. The number of benzene rings is 1. The van der Waals surface area contributed by atoms with Crippen molar-refractivity contribution >= 4 is 11.7 Å². The lowest BCUT2D eigenvalue weighted by atomic mass is 10.0. The molecule has 0 aliphatic heterocycles. The molecule has 0 unspecified atom stereocenters. The Bertz CT molecular complexity index is 791. The van der Waals surface area contributed by atoms with E-state index in [0.29, 0.717) is 29.8 Å². The Kier molecular flexibility index (Phi) is 4.23. The summed E-state index contributed by atoms with van der Waals surface area (Å²) < 4.78 is 41.0. The molecule has 3 rings (SSSR count). The summed E-state index contributed by atoms with van der Waals surface area (Å²) in [5.74, 6) is -0.312. The quantitative estimate of drug-likeness (QED) is 0.883. The number of amides is 2. The minimum Gasteiger partial charge on any atom is -0.406 e. The van der Waals surface area contributed by atoms with Gasteiger partial charge in [0.15, 0.2) is 0 Å². The molecule has 0 atom stereocenters. The molecular weight excluding hydrogens is 337 g/mol. The van der Waals surface area contributed by atoms with Crippen LogP contribution < -0.4 is 15.4 Å². The molecule has 2 amide bonds. The molecule has 2 N–H and O–H groups in total. The Morgan fingerprint density at radius 1 is 1.28 bits per heavy atom. The first kappa shape index (κ1) is 17.0. The third kappa shape index (κ3) is 4.17. The van der Waals surface area contributed by atoms with Crippen molar-refractivity contribution in [2.45, 2.75) is 31.7 Å². The molecule has 1 aromatic heterocycles. The maximum atomic E-state index is 12.4. The van der Waals surface area contributed by atoms with Crippen LogP contribution >= 0.6 is 0 Å². The molecule has 1 aliphatic carbocycles. The van der Waals surface area contributed by atoms with Crippen molar-refractivity contribution < 1.29 is 22.7 Å². The SMILES string of the molecule is Cc1nnccc1NC(=O)NC1(c2cccc(OC(F)(F)F)c2)CC1. The molecule has 0 radical (unpaired) electrons. The number of rotatable bonds is 4. The molecular formula is C16H15F3N4O2. The van der Waals surface area contributed by atoms with Crippen LogP contribution in [0.15, 0.2) is 36.5 Å². The molecule has 1 fully saturated rings. The fourth-order valence-corrected chi connectivity index (χ4v) is 2.51. The smallest absolute Gasteiger partial charge is 0.406 e. The maximum Gasteiger partial charge on any atom is 0.573 e. The molecule has 0 saturated heterocycles. The van der Waals surface area contributed by atoms with Gasteiger partial charge < -0.3 is 15.4 Å². The summed E-state index contributed by atoms with van der Waals surface area (Å²) in [6.07, 6.45) is -2.05. The van der Waals surface area contributed by atoms with E-state index in [-0.39, 0.29) is 5.75 Å². The third-order valence-electron chi connectivity index (χ3n) is 3.88. The van der Waals surface area contributed by atoms with Gasteiger partial charge in [-0.2, -0.15) is 10.2 Å². The topological polar surface area (TPSA) is 76.1 Å². The van der Waals surface area contributed by atoms with Gasteiger partial charge in [0.2, 0.25) is 0 Å². The van der Waals surface area contributed by atoms with E-state index in [4.69, 9.17) is 0 Å². The number of carbonyl (C=O) groups excluding carboxylic acids is 1. The Hall–Kier alpha value is -2.84. The predicted molar refractivity (Wildman–Crippen MR) is 83.0 cm³/mol. The van der Waals surface area contributed by atoms with Crippen molar-refractivity contribution in [3.63, 3.8) is 0 Å². The Labute approximate surface area is 141 Å². The highest BCUT2D eigenvalue weighted by Crippen LogP contribution is 2.46. The van der Waals surface area contributed by atoms with Crippen LogP contribution in [0.5, 0.6) is 5.75 Å². The van der Waals surface area contributed by atoms with Gasteiger partial charge in [-0.25, -0.2) is 4.79 Å². The number of hydrogen-bond donors (Lipinski definition) is 2. The molecule has 1 heterocycles. The number of nitrogens with one attached hydrogen (secondary N) is 2. The number of carbonyl (C=O) groups is 1. The summed E-state index contributed by atoms with van der Waals surface area (Å²) in [5.41, 5.74) is 0.943. The van der Waals surface area contributed by atoms with Gasteiger partial charge in [-0.05, 0) is 43.5 Å². The number of aryl methyl sites for hydroxylation is 1. The van der Waals surface area contributed by atoms with Crippen LogP contribution in [0.1, 0.15) is 24.1 Å². The molecule has 0 spiro atoms. The zero-order valence-corrected chi connectivity index (χ0v) is 13.2. The number of hydrogen-bond acceptors (Lipinski definition) is 4. The van der Waals surface area contributed by atoms with Gasteiger partial charge in [0.25, 0.3) is 0 Å². The average Bonchev–Trinajstić information content (AvgIpc) is 3.29.